The molecular formula is C19H30ClN3O. The molecule has 5 heteroatoms. The first-order valence-electron chi connectivity index (χ1n) is 9.17. The number of carbonyl (C=O) groups is 1. The molecule has 134 valence electrons. The Labute approximate surface area is 151 Å². The summed E-state index contributed by atoms with van der Waals surface area (Å²) in [5.74, 6) is 0.599. The number of nitrogens with zero attached hydrogens (tertiary/aromatic N) is 2. The van der Waals surface area contributed by atoms with Gasteiger partial charge in [0.05, 0.1) is 0 Å². The lowest BCUT2D eigenvalue weighted by atomic mass is 9.99. The maximum absolute atomic E-state index is 12.4. The third kappa shape index (κ3) is 5.59. The van der Waals surface area contributed by atoms with Crippen molar-refractivity contribution in [3.63, 3.8) is 0 Å². The van der Waals surface area contributed by atoms with Gasteiger partial charge in [-0.2, -0.15) is 0 Å². The number of benzene rings is 1. The van der Waals surface area contributed by atoms with Crippen LogP contribution in [0.3, 0.4) is 0 Å². The number of nitrogens with one attached hydrogen (secondary N) is 1. The number of unbranched alkanes of at least 4 members (excludes halogenated alkanes) is 1. The van der Waals surface area contributed by atoms with Crippen LogP contribution in [-0.4, -0.2) is 43.7 Å². The van der Waals surface area contributed by atoms with E-state index in [1.54, 1.807) is 0 Å². The van der Waals surface area contributed by atoms with E-state index >= 15 is 0 Å². The second-order valence-electron chi connectivity index (χ2n) is 6.56. The van der Waals surface area contributed by atoms with E-state index in [9.17, 15) is 4.79 Å². The number of anilines is 1. The molecule has 0 unspecified atom stereocenters. The van der Waals surface area contributed by atoms with Crippen molar-refractivity contribution in [2.45, 2.75) is 39.5 Å². The third-order valence-electron chi connectivity index (χ3n) is 4.83. The van der Waals surface area contributed by atoms with Gasteiger partial charge in [0.1, 0.15) is 0 Å². The van der Waals surface area contributed by atoms with E-state index in [1.807, 2.05) is 23.1 Å². The zero-order valence-corrected chi connectivity index (χ0v) is 15.7. The van der Waals surface area contributed by atoms with Gasteiger partial charge in [0.2, 0.25) is 0 Å². The maximum atomic E-state index is 12.4. The van der Waals surface area contributed by atoms with E-state index < -0.39 is 0 Å². The molecule has 1 heterocycles. The Morgan fingerprint density at radius 3 is 2.62 bits per heavy atom. The van der Waals surface area contributed by atoms with Gasteiger partial charge in [0.25, 0.3) is 0 Å². The summed E-state index contributed by atoms with van der Waals surface area (Å²) < 4.78 is 0. The zero-order valence-electron chi connectivity index (χ0n) is 14.9. The Morgan fingerprint density at radius 1 is 1.25 bits per heavy atom. The van der Waals surface area contributed by atoms with Gasteiger partial charge in [-0.3, -0.25) is 0 Å². The number of hydrogen-bond donors (Lipinski definition) is 1. The monoisotopic (exact) mass is 351 g/mol. The summed E-state index contributed by atoms with van der Waals surface area (Å²) in [4.78, 5) is 16.6. The molecule has 2 rings (SSSR count). The third-order valence-corrected chi connectivity index (χ3v) is 5.06. The average Bonchev–Trinajstić information content (AvgIpc) is 2.62. The fourth-order valence-electron chi connectivity index (χ4n) is 3.13. The van der Waals surface area contributed by atoms with E-state index in [0.717, 1.165) is 49.9 Å². The SMILES string of the molecule is CCCC[C@@H](CC)CNC(=O)N1CCN(c2cccc(Cl)c2)CC1. The topological polar surface area (TPSA) is 35.6 Å². The molecule has 1 N–H and O–H groups in total. The minimum Gasteiger partial charge on any atom is -0.368 e. The molecule has 0 aliphatic carbocycles. The van der Waals surface area contributed by atoms with Crippen molar-refractivity contribution in [3.05, 3.63) is 29.3 Å². The second-order valence-corrected chi connectivity index (χ2v) is 6.99. The first-order chi connectivity index (χ1) is 11.6. The quantitative estimate of drug-likeness (QED) is 0.790. The van der Waals surface area contributed by atoms with Gasteiger partial charge in [0, 0.05) is 43.4 Å². The Kier molecular flexibility index (Phi) is 7.70. The van der Waals surface area contributed by atoms with Crippen LogP contribution in [0.1, 0.15) is 39.5 Å². The number of hydrogen-bond acceptors (Lipinski definition) is 2. The van der Waals surface area contributed by atoms with Gasteiger partial charge in [-0.15, -0.1) is 0 Å². The van der Waals surface area contributed by atoms with E-state index in [2.05, 4.69) is 30.1 Å². The molecule has 1 atom stereocenters. The van der Waals surface area contributed by atoms with Crippen LogP contribution in [0.2, 0.25) is 5.02 Å². The fourth-order valence-corrected chi connectivity index (χ4v) is 3.31. The van der Waals surface area contributed by atoms with Crippen LogP contribution in [0.25, 0.3) is 0 Å². The van der Waals surface area contributed by atoms with Crippen molar-refractivity contribution >= 4 is 23.3 Å². The van der Waals surface area contributed by atoms with E-state index in [0.29, 0.717) is 5.92 Å². The Hall–Kier alpha value is -1.42. The molecule has 1 aliphatic rings. The highest BCUT2D eigenvalue weighted by Gasteiger charge is 2.21. The summed E-state index contributed by atoms with van der Waals surface area (Å²) in [5.41, 5.74) is 1.13. The number of carbonyl (C=O) groups excluding carboxylic acids is 1. The number of amides is 2. The van der Waals surface area contributed by atoms with Crippen LogP contribution in [0.15, 0.2) is 24.3 Å². The Morgan fingerprint density at radius 2 is 2.00 bits per heavy atom. The van der Waals surface area contributed by atoms with E-state index in [4.69, 9.17) is 11.6 Å². The van der Waals surface area contributed by atoms with E-state index in [-0.39, 0.29) is 6.03 Å². The summed E-state index contributed by atoms with van der Waals surface area (Å²) in [5, 5.41) is 3.88. The molecule has 2 amide bonds. The molecule has 1 aliphatic heterocycles. The molecule has 24 heavy (non-hydrogen) atoms. The van der Waals surface area contributed by atoms with Crippen molar-refractivity contribution in [2.75, 3.05) is 37.6 Å². The lowest BCUT2D eigenvalue weighted by Gasteiger charge is -2.36. The molecule has 1 aromatic rings. The maximum Gasteiger partial charge on any atom is 0.317 e. The minimum atomic E-state index is 0.0793. The lowest BCUT2D eigenvalue weighted by molar-refractivity contribution is 0.192. The number of piperazine rings is 1. The average molecular weight is 352 g/mol. The van der Waals surface area contributed by atoms with Gasteiger partial charge in [-0.25, -0.2) is 4.79 Å². The summed E-state index contributed by atoms with van der Waals surface area (Å²) in [6.07, 6.45) is 4.79. The minimum absolute atomic E-state index is 0.0793. The van der Waals surface area contributed by atoms with E-state index in [1.165, 1.54) is 19.3 Å². The predicted octanol–water partition coefficient (Wildman–Crippen LogP) is 4.39. The summed E-state index contributed by atoms with van der Waals surface area (Å²) >= 11 is 6.06. The predicted molar refractivity (Wildman–Crippen MR) is 102 cm³/mol. The Bertz CT molecular complexity index is 515. The number of halogens is 1. The Balaban J connectivity index is 1.76. The first kappa shape index (κ1) is 18.9. The molecule has 1 aromatic carbocycles. The summed E-state index contributed by atoms with van der Waals surface area (Å²) in [7, 11) is 0. The highest BCUT2D eigenvalue weighted by atomic mass is 35.5. The first-order valence-corrected chi connectivity index (χ1v) is 9.55. The van der Waals surface area contributed by atoms with Crippen molar-refractivity contribution < 1.29 is 4.79 Å². The fraction of sp³-hybridized carbons (Fsp3) is 0.632. The van der Waals surface area contributed by atoms with Gasteiger partial charge in [-0.1, -0.05) is 50.8 Å². The van der Waals surface area contributed by atoms with Crippen molar-refractivity contribution in [3.8, 4) is 0 Å². The zero-order chi connectivity index (χ0) is 17.4. The lowest BCUT2D eigenvalue weighted by Crippen LogP contribution is -2.52. The molecule has 0 radical (unpaired) electrons. The number of urea groups is 1. The number of rotatable bonds is 7. The molecule has 1 fully saturated rings. The highest BCUT2D eigenvalue weighted by Crippen LogP contribution is 2.20. The normalized spacial score (nSPS) is 16.1. The van der Waals surface area contributed by atoms with Crippen molar-refractivity contribution in [1.29, 1.82) is 0 Å². The standard InChI is InChI=1S/C19H30ClN3O/c1-3-5-7-16(4-2)15-21-19(24)23-12-10-22(11-13-23)18-9-6-8-17(20)14-18/h6,8-9,14,16H,3-5,7,10-13,15H2,1-2H3,(H,21,24)/t16-/m1/s1. The molecule has 0 bridgehead atoms. The largest absolute Gasteiger partial charge is 0.368 e. The van der Waals surface area contributed by atoms with Crippen LogP contribution in [0, 0.1) is 5.92 Å². The van der Waals surface area contributed by atoms with Crippen LogP contribution in [0.5, 0.6) is 0 Å². The van der Waals surface area contributed by atoms with Gasteiger partial charge in [-0.05, 0) is 30.5 Å². The van der Waals surface area contributed by atoms with Crippen LogP contribution >= 0.6 is 11.6 Å². The van der Waals surface area contributed by atoms with Crippen LogP contribution in [-0.2, 0) is 0 Å². The van der Waals surface area contributed by atoms with Gasteiger partial charge >= 0.3 is 6.03 Å². The summed E-state index contributed by atoms with van der Waals surface area (Å²) in [6, 6.07) is 7.99. The molecule has 0 spiro atoms. The molecule has 4 nitrogen and oxygen atoms in total. The molecule has 0 aromatic heterocycles. The van der Waals surface area contributed by atoms with Gasteiger partial charge < -0.3 is 15.1 Å². The van der Waals surface area contributed by atoms with Crippen molar-refractivity contribution in [2.24, 2.45) is 5.92 Å². The summed E-state index contributed by atoms with van der Waals surface area (Å²) in [6.45, 7) is 8.42. The molecular weight excluding hydrogens is 322 g/mol. The molecule has 1 saturated heterocycles. The second kappa shape index (κ2) is 9.77. The van der Waals surface area contributed by atoms with Crippen molar-refractivity contribution in [1.82, 2.24) is 10.2 Å². The smallest absolute Gasteiger partial charge is 0.317 e. The highest BCUT2D eigenvalue weighted by molar-refractivity contribution is 6.30. The van der Waals surface area contributed by atoms with Gasteiger partial charge in [0.15, 0.2) is 0 Å². The van der Waals surface area contributed by atoms with Crippen LogP contribution < -0.4 is 10.2 Å². The molecule has 0 saturated carbocycles. The van der Waals surface area contributed by atoms with Crippen LogP contribution in [0.4, 0.5) is 10.5 Å².